The minimum Gasteiger partial charge on any atom is -0.321 e. The van der Waals surface area contributed by atoms with E-state index >= 15 is 0 Å². The average molecular weight is 303 g/mol. The van der Waals surface area contributed by atoms with Gasteiger partial charge >= 0.3 is 0 Å². The summed E-state index contributed by atoms with van der Waals surface area (Å²) in [7, 11) is 0. The van der Waals surface area contributed by atoms with Gasteiger partial charge in [0.05, 0.1) is 0 Å². The number of fused-ring (bicyclic) bond motifs is 2. The zero-order chi connectivity index (χ0) is 16.0. The summed E-state index contributed by atoms with van der Waals surface area (Å²) >= 11 is 0. The quantitative estimate of drug-likeness (QED) is 0.702. The number of amides is 1. The number of benzene rings is 1. The van der Waals surface area contributed by atoms with Crippen LogP contribution in [0.5, 0.6) is 0 Å². The van der Waals surface area contributed by atoms with Crippen molar-refractivity contribution in [1.29, 1.82) is 0 Å². The van der Waals surface area contributed by atoms with Crippen LogP contribution in [0.25, 0.3) is 22.7 Å². The van der Waals surface area contributed by atoms with E-state index in [1.54, 1.807) is 12.4 Å². The number of pyridine rings is 1. The third-order valence-electron chi connectivity index (χ3n) is 3.94. The Bertz CT molecular complexity index is 998. The molecule has 0 atom stereocenters. The molecule has 0 aliphatic carbocycles. The van der Waals surface area contributed by atoms with Crippen molar-refractivity contribution in [2.45, 2.75) is 6.92 Å². The number of nitrogens with one attached hydrogen (secondary N) is 1. The second kappa shape index (κ2) is 4.91. The summed E-state index contributed by atoms with van der Waals surface area (Å²) in [5, 5.41) is 3.69. The fourth-order valence-electron chi connectivity index (χ4n) is 2.88. The van der Waals surface area contributed by atoms with Crippen LogP contribution < -0.4 is 5.32 Å². The number of para-hydroxylation sites is 1. The van der Waals surface area contributed by atoms with Gasteiger partial charge in [-0.3, -0.25) is 14.2 Å². The van der Waals surface area contributed by atoms with Crippen LogP contribution in [-0.4, -0.2) is 21.4 Å². The molecule has 23 heavy (non-hydrogen) atoms. The van der Waals surface area contributed by atoms with Crippen molar-refractivity contribution in [2.75, 3.05) is 5.32 Å². The average Bonchev–Trinajstić information content (AvgIpc) is 3.07. The standard InChI is InChI=1S/C18H13N3O2/c1-11(22)21-10-12(13-6-4-8-19-17(13)21)9-15-14-5-2-3-7-16(14)20-18(15)23/h2-10H,1H3,(H,20,23). The van der Waals surface area contributed by atoms with Crippen LogP contribution in [-0.2, 0) is 4.79 Å². The fraction of sp³-hybridized carbons (Fsp3) is 0.0556. The van der Waals surface area contributed by atoms with Gasteiger partial charge in [-0.25, -0.2) is 4.98 Å². The lowest BCUT2D eigenvalue weighted by Crippen LogP contribution is -2.04. The van der Waals surface area contributed by atoms with Gasteiger partial charge in [0.15, 0.2) is 0 Å². The largest absolute Gasteiger partial charge is 0.321 e. The molecule has 1 aliphatic heterocycles. The number of hydrogen-bond donors (Lipinski definition) is 1. The van der Waals surface area contributed by atoms with Gasteiger partial charge in [0, 0.05) is 47.1 Å². The lowest BCUT2D eigenvalue weighted by molar-refractivity contribution is -0.110. The van der Waals surface area contributed by atoms with E-state index in [2.05, 4.69) is 10.3 Å². The predicted molar refractivity (Wildman–Crippen MR) is 89.0 cm³/mol. The van der Waals surface area contributed by atoms with Crippen molar-refractivity contribution >= 4 is 40.2 Å². The highest BCUT2D eigenvalue weighted by Crippen LogP contribution is 2.34. The van der Waals surface area contributed by atoms with Crippen LogP contribution in [0.3, 0.4) is 0 Å². The monoisotopic (exact) mass is 303 g/mol. The molecule has 4 rings (SSSR count). The van der Waals surface area contributed by atoms with E-state index in [9.17, 15) is 9.59 Å². The minimum atomic E-state index is -0.140. The summed E-state index contributed by atoms with van der Waals surface area (Å²) in [4.78, 5) is 28.3. The van der Waals surface area contributed by atoms with Gasteiger partial charge in [0.1, 0.15) is 5.65 Å². The normalized spacial score (nSPS) is 15.0. The van der Waals surface area contributed by atoms with Crippen LogP contribution in [0.15, 0.2) is 48.8 Å². The van der Waals surface area contributed by atoms with Crippen molar-refractivity contribution in [1.82, 2.24) is 9.55 Å². The summed E-state index contributed by atoms with van der Waals surface area (Å²) in [6, 6.07) is 11.3. The van der Waals surface area contributed by atoms with Gasteiger partial charge in [-0.15, -0.1) is 0 Å². The van der Waals surface area contributed by atoms with Crippen molar-refractivity contribution in [3.63, 3.8) is 0 Å². The van der Waals surface area contributed by atoms with Gasteiger partial charge in [0.2, 0.25) is 5.91 Å². The zero-order valence-electron chi connectivity index (χ0n) is 12.4. The molecule has 3 heterocycles. The van der Waals surface area contributed by atoms with E-state index in [4.69, 9.17) is 0 Å². The summed E-state index contributed by atoms with van der Waals surface area (Å²) < 4.78 is 1.50. The van der Waals surface area contributed by atoms with Crippen LogP contribution in [0.2, 0.25) is 0 Å². The number of nitrogens with zero attached hydrogens (tertiary/aromatic N) is 2. The Labute approximate surface area is 132 Å². The van der Waals surface area contributed by atoms with Crippen molar-refractivity contribution in [3.8, 4) is 0 Å². The number of aromatic nitrogens is 2. The van der Waals surface area contributed by atoms with Crippen molar-refractivity contribution < 1.29 is 9.59 Å². The van der Waals surface area contributed by atoms with Gasteiger partial charge in [-0.05, 0) is 24.3 Å². The topological polar surface area (TPSA) is 64.0 Å². The molecule has 2 aromatic heterocycles. The van der Waals surface area contributed by atoms with E-state index in [0.29, 0.717) is 11.2 Å². The Hall–Kier alpha value is -3.21. The van der Waals surface area contributed by atoms with Gasteiger partial charge in [-0.1, -0.05) is 18.2 Å². The molecule has 0 fully saturated rings. The first-order chi connectivity index (χ1) is 11.1. The molecule has 1 aromatic carbocycles. The van der Waals surface area contributed by atoms with Crippen molar-refractivity contribution in [2.24, 2.45) is 0 Å². The van der Waals surface area contributed by atoms with Crippen LogP contribution in [0.4, 0.5) is 5.69 Å². The molecule has 0 unspecified atom stereocenters. The van der Waals surface area contributed by atoms with Crippen LogP contribution >= 0.6 is 0 Å². The Morgan fingerprint density at radius 3 is 2.87 bits per heavy atom. The van der Waals surface area contributed by atoms with Crippen LogP contribution in [0, 0.1) is 0 Å². The van der Waals surface area contributed by atoms with E-state index in [-0.39, 0.29) is 11.8 Å². The molecule has 0 saturated carbocycles. The Morgan fingerprint density at radius 1 is 1.22 bits per heavy atom. The minimum absolute atomic E-state index is 0.116. The molecular formula is C18H13N3O2. The van der Waals surface area contributed by atoms with E-state index in [1.165, 1.54) is 11.5 Å². The predicted octanol–water partition coefficient (Wildman–Crippen LogP) is 3.19. The third kappa shape index (κ3) is 2.05. The van der Waals surface area contributed by atoms with Gasteiger partial charge in [0.25, 0.3) is 5.91 Å². The molecule has 112 valence electrons. The SMILES string of the molecule is CC(=O)n1cc(C=C2C(=O)Nc3ccccc32)c2cccnc21. The van der Waals surface area contributed by atoms with Crippen molar-refractivity contribution in [3.05, 3.63) is 59.9 Å². The first-order valence-electron chi connectivity index (χ1n) is 7.24. The second-order valence-corrected chi connectivity index (χ2v) is 5.41. The molecule has 3 aromatic rings. The zero-order valence-corrected chi connectivity index (χ0v) is 12.4. The molecule has 0 spiro atoms. The molecule has 0 bridgehead atoms. The second-order valence-electron chi connectivity index (χ2n) is 5.41. The number of carbonyl (C=O) groups is 2. The molecular weight excluding hydrogens is 290 g/mol. The van der Waals surface area contributed by atoms with Gasteiger partial charge < -0.3 is 5.32 Å². The molecule has 0 radical (unpaired) electrons. The van der Waals surface area contributed by atoms with E-state index in [0.717, 1.165) is 22.2 Å². The Kier molecular flexibility index (Phi) is 2.87. The molecule has 1 aliphatic rings. The maximum Gasteiger partial charge on any atom is 0.256 e. The number of hydrogen-bond acceptors (Lipinski definition) is 3. The highest BCUT2D eigenvalue weighted by molar-refractivity contribution is 6.35. The fourth-order valence-corrected chi connectivity index (χ4v) is 2.88. The number of anilines is 1. The molecule has 5 nitrogen and oxygen atoms in total. The smallest absolute Gasteiger partial charge is 0.256 e. The lowest BCUT2D eigenvalue weighted by Gasteiger charge is -1.97. The van der Waals surface area contributed by atoms with Crippen LogP contribution in [0.1, 0.15) is 22.8 Å². The lowest BCUT2D eigenvalue weighted by atomic mass is 10.0. The summed E-state index contributed by atoms with van der Waals surface area (Å²) in [6.07, 6.45) is 5.18. The Balaban J connectivity index is 1.94. The maximum absolute atomic E-state index is 12.2. The Morgan fingerprint density at radius 2 is 2.04 bits per heavy atom. The summed E-state index contributed by atoms with van der Waals surface area (Å²) in [6.45, 7) is 1.49. The summed E-state index contributed by atoms with van der Waals surface area (Å²) in [5.41, 5.74) is 3.65. The molecule has 5 heteroatoms. The summed E-state index contributed by atoms with van der Waals surface area (Å²) in [5.74, 6) is -0.256. The third-order valence-corrected chi connectivity index (χ3v) is 3.94. The van der Waals surface area contributed by atoms with E-state index < -0.39 is 0 Å². The molecule has 1 amide bonds. The first kappa shape index (κ1) is 13.5. The highest BCUT2D eigenvalue weighted by atomic mass is 16.2. The number of rotatable bonds is 1. The highest BCUT2D eigenvalue weighted by Gasteiger charge is 2.24. The molecule has 1 N–H and O–H groups in total. The van der Waals surface area contributed by atoms with Gasteiger partial charge in [-0.2, -0.15) is 0 Å². The van der Waals surface area contributed by atoms with E-state index in [1.807, 2.05) is 42.5 Å². The maximum atomic E-state index is 12.2. The first-order valence-corrected chi connectivity index (χ1v) is 7.24. The number of carbonyl (C=O) groups excluding carboxylic acids is 2. The molecule has 0 saturated heterocycles.